The fourth-order valence-electron chi connectivity index (χ4n) is 3.23. The van der Waals surface area contributed by atoms with E-state index in [0.29, 0.717) is 5.69 Å². The van der Waals surface area contributed by atoms with Gasteiger partial charge in [0.2, 0.25) is 0 Å². The summed E-state index contributed by atoms with van der Waals surface area (Å²) in [6, 6.07) is 24.0. The Balaban J connectivity index is 2.01. The molecule has 4 aromatic rings. The first-order chi connectivity index (χ1) is 12.6. The summed E-state index contributed by atoms with van der Waals surface area (Å²) in [5.41, 5.74) is 26.0. The number of benzene rings is 3. The third-order valence-corrected chi connectivity index (χ3v) is 5.34. The first kappa shape index (κ1) is 16.2. The number of hydrogen-bond donors (Lipinski definition) is 3. The Hall–Kier alpha value is -3.24. The Morgan fingerprint density at radius 1 is 0.577 bits per heavy atom. The quantitative estimate of drug-likeness (QED) is 0.424. The summed E-state index contributed by atoms with van der Waals surface area (Å²) in [5.74, 6) is 0. The maximum atomic E-state index is 6.43. The van der Waals surface area contributed by atoms with E-state index >= 15 is 0 Å². The Labute approximate surface area is 156 Å². The number of hydrogen-bond acceptors (Lipinski definition) is 4. The summed E-state index contributed by atoms with van der Waals surface area (Å²) >= 11 is 1.66. The van der Waals surface area contributed by atoms with Crippen molar-refractivity contribution in [3.8, 4) is 32.7 Å². The van der Waals surface area contributed by atoms with Gasteiger partial charge in [-0.25, -0.2) is 0 Å². The molecule has 0 unspecified atom stereocenters. The van der Waals surface area contributed by atoms with Crippen LogP contribution >= 0.6 is 11.3 Å². The van der Waals surface area contributed by atoms with Crippen LogP contribution in [0, 0.1) is 0 Å². The Morgan fingerprint density at radius 2 is 1.23 bits per heavy atom. The molecule has 128 valence electrons. The molecule has 0 saturated heterocycles. The molecule has 6 N–H and O–H groups in total. The van der Waals surface area contributed by atoms with Crippen LogP contribution in [0.5, 0.6) is 0 Å². The SMILES string of the molecule is Nc1ccc(-c2ccccc2-c2c(N)ccc(N)c2-c2cccs2)cc1. The van der Waals surface area contributed by atoms with Gasteiger partial charge in [-0.15, -0.1) is 11.3 Å². The van der Waals surface area contributed by atoms with E-state index in [0.717, 1.165) is 44.1 Å². The van der Waals surface area contributed by atoms with Crippen molar-refractivity contribution in [2.24, 2.45) is 0 Å². The van der Waals surface area contributed by atoms with Gasteiger partial charge in [-0.3, -0.25) is 0 Å². The number of anilines is 3. The van der Waals surface area contributed by atoms with E-state index in [1.165, 1.54) is 0 Å². The zero-order valence-electron chi connectivity index (χ0n) is 14.1. The van der Waals surface area contributed by atoms with Crippen molar-refractivity contribution in [2.45, 2.75) is 0 Å². The van der Waals surface area contributed by atoms with Crippen LogP contribution in [0.4, 0.5) is 17.1 Å². The Kier molecular flexibility index (Phi) is 4.11. The molecule has 3 aromatic carbocycles. The van der Waals surface area contributed by atoms with Gasteiger partial charge in [0, 0.05) is 33.1 Å². The third-order valence-electron chi connectivity index (χ3n) is 4.46. The van der Waals surface area contributed by atoms with E-state index in [1.807, 2.05) is 60.0 Å². The molecule has 0 aliphatic rings. The van der Waals surface area contributed by atoms with Crippen LogP contribution in [0.25, 0.3) is 32.7 Å². The lowest BCUT2D eigenvalue weighted by molar-refractivity contribution is 1.57. The predicted molar refractivity (Wildman–Crippen MR) is 114 cm³/mol. The predicted octanol–water partition coefficient (Wildman–Crippen LogP) is 5.50. The Bertz CT molecular complexity index is 1050. The molecule has 0 amide bonds. The van der Waals surface area contributed by atoms with Crippen LogP contribution in [0.1, 0.15) is 0 Å². The summed E-state index contributed by atoms with van der Waals surface area (Å²) in [6.45, 7) is 0. The van der Waals surface area contributed by atoms with E-state index in [-0.39, 0.29) is 0 Å². The molecular weight excluding hydrogens is 338 g/mol. The molecule has 3 nitrogen and oxygen atoms in total. The van der Waals surface area contributed by atoms with Crippen LogP contribution in [-0.4, -0.2) is 0 Å². The summed E-state index contributed by atoms with van der Waals surface area (Å²) in [6.07, 6.45) is 0. The minimum atomic E-state index is 0.713. The van der Waals surface area contributed by atoms with Crippen LogP contribution in [0.15, 0.2) is 78.2 Å². The van der Waals surface area contributed by atoms with Gasteiger partial charge >= 0.3 is 0 Å². The van der Waals surface area contributed by atoms with Crippen molar-refractivity contribution in [1.82, 2.24) is 0 Å². The second-order valence-electron chi connectivity index (χ2n) is 6.14. The van der Waals surface area contributed by atoms with Gasteiger partial charge in [0.05, 0.1) is 0 Å². The minimum absolute atomic E-state index is 0.713. The molecule has 0 atom stereocenters. The molecule has 1 heterocycles. The van der Waals surface area contributed by atoms with Crippen molar-refractivity contribution in [3.05, 3.63) is 78.2 Å². The van der Waals surface area contributed by atoms with Gasteiger partial charge in [-0.05, 0) is 52.4 Å². The summed E-state index contributed by atoms with van der Waals surface area (Å²) < 4.78 is 0. The number of nitrogen functional groups attached to an aromatic ring is 3. The highest BCUT2D eigenvalue weighted by molar-refractivity contribution is 7.13. The second-order valence-corrected chi connectivity index (χ2v) is 7.09. The number of rotatable bonds is 3. The third kappa shape index (κ3) is 2.80. The van der Waals surface area contributed by atoms with Gasteiger partial charge in [-0.1, -0.05) is 42.5 Å². The highest BCUT2D eigenvalue weighted by Gasteiger charge is 2.18. The van der Waals surface area contributed by atoms with Gasteiger partial charge in [0.1, 0.15) is 0 Å². The summed E-state index contributed by atoms with van der Waals surface area (Å²) in [4.78, 5) is 1.11. The summed E-state index contributed by atoms with van der Waals surface area (Å²) in [7, 11) is 0. The lowest BCUT2D eigenvalue weighted by Gasteiger charge is -2.18. The molecule has 0 radical (unpaired) electrons. The topological polar surface area (TPSA) is 78.1 Å². The molecule has 0 spiro atoms. The van der Waals surface area contributed by atoms with Crippen LogP contribution < -0.4 is 17.2 Å². The highest BCUT2D eigenvalue weighted by atomic mass is 32.1. The second kappa shape index (κ2) is 6.58. The molecule has 1 aromatic heterocycles. The Morgan fingerprint density at radius 3 is 1.88 bits per heavy atom. The van der Waals surface area contributed by atoms with E-state index in [4.69, 9.17) is 17.2 Å². The number of nitrogens with two attached hydrogens (primary N) is 3. The standard InChI is InChI=1S/C22H19N3S/c23-15-9-7-14(8-10-15)16-4-1-2-5-17(16)21-18(24)11-12-19(25)22(21)20-6-3-13-26-20/h1-13H,23-25H2. The van der Waals surface area contributed by atoms with E-state index in [9.17, 15) is 0 Å². The van der Waals surface area contributed by atoms with Crippen molar-refractivity contribution in [1.29, 1.82) is 0 Å². The van der Waals surface area contributed by atoms with Crippen LogP contribution in [0.2, 0.25) is 0 Å². The van der Waals surface area contributed by atoms with Gasteiger partial charge in [-0.2, -0.15) is 0 Å². The molecular formula is C22H19N3S. The van der Waals surface area contributed by atoms with Gasteiger partial charge < -0.3 is 17.2 Å². The van der Waals surface area contributed by atoms with Gasteiger partial charge in [0.15, 0.2) is 0 Å². The smallest absolute Gasteiger partial charge is 0.0409 e. The normalized spacial score (nSPS) is 10.8. The molecule has 0 bridgehead atoms. The van der Waals surface area contributed by atoms with E-state index < -0.39 is 0 Å². The van der Waals surface area contributed by atoms with Crippen LogP contribution in [0.3, 0.4) is 0 Å². The van der Waals surface area contributed by atoms with Crippen LogP contribution in [-0.2, 0) is 0 Å². The highest BCUT2D eigenvalue weighted by Crippen LogP contribution is 2.45. The van der Waals surface area contributed by atoms with Crippen molar-refractivity contribution in [3.63, 3.8) is 0 Å². The van der Waals surface area contributed by atoms with Gasteiger partial charge in [0.25, 0.3) is 0 Å². The fourth-order valence-corrected chi connectivity index (χ4v) is 4.03. The molecule has 26 heavy (non-hydrogen) atoms. The van der Waals surface area contributed by atoms with Crippen molar-refractivity contribution in [2.75, 3.05) is 17.2 Å². The zero-order chi connectivity index (χ0) is 18.1. The fraction of sp³-hybridized carbons (Fsp3) is 0. The lowest BCUT2D eigenvalue weighted by atomic mass is 9.89. The molecule has 4 heteroatoms. The maximum Gasteiger partial charge on any atom is 0.0409 e. The minimum Gasteiger partial charge on any atom is -0.399 e. The monoisotopic (exact) mass is 357 g/mol. The average Bonchev–Trinajstić information content (AvgIpc) is 3.18. The first-order valence-corrected chi connectivity index (χ1v) is 9.20. The average molecular weight is 357 g/mol. The van der Waals surface area contributed by atoms with Crippen molar-refractivity contribution < 1.29 is 0 Å². The van der Waals surface area contributed by atoms with E-state index in [1.54, 1.807) is 11.3 Å². The molecule has 0 aliphatic carbocycles. The zero-order valence-corrected chi connectivity index (χ0v) is 15.0. The lowest BCUT2D eigenvalue weighted by Crippen LogP contribution is -1.99. The molecule has 0 aliphatic heterocycles. The van der Waals surface area contributed by atoms with Crippen molar-refractivity contribution >= 4 is 28.4 Å². The molecule has 0 saturated carbocycles. The number of thiophene rings is 1. The molecule has 0 fully saturated rings. The first-order valence-electron chi connectivity index (χ1n) is 8.32. The summed E-state index contributed by atoms with van der Waals surface area (Å²) in [5, 5.41) is 2.05. The largest absolute Gasteiger partial charge is 0.399 e. The van der Waals surface area contributed by atoms with E-state index in [2.05, 4.69) is 18.2 Å². The molecule has 4 rings (SSSR count). The maximum absolute atomic E-state index is 6.43.